The van der Waals surface area contributed by atoms with Gasteiger partial charge in [0.15, 0.2) is 0 Å². The van der Waals surface area contributed by atoms with Gasteiger partial charge >= 0.3 is 6.09 Å². The molecule has 1 aromatic carbocycles. The van der Waals surface area contributed by atoms with Gasteiger partial charge in [0.05, 0.1) is 25.3 Å². The Balaban J connectivity index is 1.87. The first-order valence-corrected chi connectivity index (χ1v) is 6.25. The average molecular weight is 249 g/mol. The number of carbonyl (C=O) groups excluding carboxylic acids is 1. The maximum absolute atomic E-state index is 12.0. The lowest BCUT2D eigenvalue weighted by molar-refractivity contribution is -0.0464. The molecule has 0 radical (unpaired) electrons. The first kappa shape index (κ1) is 12.9. The van der Waals surface area contributed by atoms with Gasteiger partial charge in [-0.15, -0.1) is 0 Å². The Hall–Kier alpha value is -1.55. The summed E-state index contributed by atoms with van der Waals surface area (Å²) in [5.74, 6) is 0. The summed E-state index contributed by atoms with van der Waals surface area (Å²) < 4.78 is 10.8. The Kier molecular flexibility index (Phi) is 4.20. The number of ether oxygens (including phenoxy) is 2. The Labute approximate surface area is 107 Å². The van der Waals surface area contributed by atoms with Gasteiger partial charge in [-0.1, -0.05) is 30.3 Å². The van der Waals surface area contributed by atoms with Crippen LogP contribution in [0.5, 0.6) is 0 Å². The number of rotatable bonds is 2. The number of hydrogen-bond acceptors (Lipinski definition) is 3. The molecule has 1 aliphatic rings. The van der Waals surface area contributed by atoms with E-state index in [1.165, 1.54) is 0 Å². The number of nitrogens with zero attached hydrogens (tertiary/aromatic N) is 1. The minimum absolute atomic E-state index is 0.0736. The van der Waals surface area contributed by atoms with E-state index in [9.17, 15) is 4.79 Å². The smallest absolute Gasteiger partial charge is 0.410 e. The van der Waals surface area contributed by atoms with Crippen LogP contribution in [0, 0.1) is 0 Å². The maximum Gasteiger partial charge on any atom is 0.410 e. The van der Waals surface area contributed by atoms with E-state index < -0.39 is 0 Å². The third-order valence-electron chi connectivity index (χ3n) is 3.05. The van der Waals surface area contributed by atoms with Crippen molar-refractivity contribution in [3.05, 3.63) is 35.9 Å². The lowest BCUT2D eigenvalue weighted by Gasteiger charge is -2.35. The Morgan fingerprint density at radius 1 is 1.39 bits per heavy atom. The molecule has 0 aliphatic carbocycles. The van der Waals surface area contributed by atoms with Crippen LogP contribution in [0.25, 0.3) is 0 Å². The quantitative estimate of drug-likeness (QED) is 0.808. The third kappa shape index (κ3) is 3.23. The van der Waals surface area contributed by atoms with Crippen LogP contribution >= 0.6 is 0 Å². The van der Waals surface area contributed by atoms with Crippen LogP contribution in [-0.4, -0.2) is 36.3 Å². The summed E-state index contributed by atoms with van der Waals surface area (Å²) in [6.07, 6.45) is -0.188. The molecule has 0 aromatic heterocycles. The highest BCUT2D eigenvalue weighted by atomic mass is 16.6. The first-order chi connectivity index (χ1) is 8.66. The van der Waals surface area contributed by atoms with Gasteiger partial charge in [-0.05, 0) is 19.4 Å². The molecule has 4 nitrogen and oxygen atoms in total. The zero-order valence-electron chi connectivity index (χ0n) is 10.8. The number of benzene rings is 1. The summed E-state index contributed by atoms with van der Waals surface area (Å²) in [6.45, 7) is 5.41. The molecular weight excluding hydrogens is 230 g/mol. The van der Waals surface area contributed by atoms with Crippen LogP contribution in [0.2, 0.25) is 0 Å². The van der Waals surface area contributed by atoms with Gasteiger partial charge < -0.3 is 14.4 Å². The normalized spacial score (nSPS) is 23.8. The van der Waals surface area contributed by atoms with Crippen molar-refractivity contribution in [2.24, 2.45) is 0 Å². The monoisotopic (exact) mass is 249 g/mol. The zero-order chi connectivity index (χ0) is 13.0. The summed E-state index contributed by atoms with van der Waals surface area (Å²) in [5, 5.41) is 0. The fourth-order valence-corrected chi connectivity index (χ4v) is 1.96. The fourth-order valence-electron chi connectivity index (χ4n) is 1.96. The number of carbonyl (C=O) groups is 1. The molecule has 1 saturated heterocycles. The summed E-state index contributed by atoms with van der Waals surface area (Å²) in [6, 6.07) is 9.77. The highest BCUT2D eigenvalue weighted by Crippen LogP contribution is 2.13. The zero-order valence-corrected chi connectivity index (χ0v) is 10.8. The molecule has 1 heterocycles. The molecule has 98 valence electrons. The van der Waals surface area contributed by atoms with E-state index in [1.807, 2.05) is 44.2 Å². The van der Waals surface area contributed by atoms with Crippen LogP contribution in [0.15, 0.2) is 30.3 Å². The van der Waals surface area contributed by atoms with Crippen LogP contribution < -0.4 is 0 Å². The van der Waals surface area contributed by atoms with Crippen molar-refractivity contribution < 1.29 is 14.3 Å². The standard InChI is InChI=1S/C14H19NO3/c1-11-9-17-12(2)8-15(11)14(16)18-10-13-6-4-3-5-7-13/h3-7,11-12H,8-10H2,1-2H3/t11-,12+/m1/s1. The molecule has 1 aliphatic heterocycles. The number of hydrogen-bond donors (Lipinski definition) is 0. The SMILES string of the molecule is C[C@@H]1CO[C@@H](C)CN1C(=O)OCc1ccccc1. The predicted octanol–water partition coefficient (Wildman–Crippen LogP) is 2.43. The largest absolute Gasteiger partial charge is 0.445 e. The van der Waals surface area contributed by atoms with Crippen molar-refractivity contribution in [1.82, 2.24) is 4.90 Å². The summed E-state index contributed by atoms with van der Waals surface area (Å²) in [5.41, 5.74) is 1.000. The topological polar surface area (TPSA) is 38.8 Å². The molecule has 2 atom stereocenters. The van der Waals surface area contributed by atoms with Crippen molar-refractivity contribution in [3.8, 4) is 0 Å². The third-order valence-corrected chi connectivity index (χ3v) is 3.05. The van der Waals surface area contributed by atoms with Gasteiger partial charge in [-0.2, -0.15) is 0 Å². The molecule has 0 N–H and O–H groups in total. The second kappa shape index (κ2) is 5.87. The molecule has 18 heavy (non-hydrogen) atoms. The minimum Gasteiger partial charge on any atom is -0.445 e. The van der Waals surface area contributed by atoms with Crippen LogP contribution in [-0.2, 0) is 16.1 Å². The Morgan fingerprint density at radius 2 is 2.11 bits per heavy atom. The lowest BCUT2D eigenvalue weighted by Crippen LogP contribution is -2.50. The number of amides is 1. The molecule has 1 fully saturated rings. The van der Waals surface area contributed by atoms with Crippen molar-refractivity contribution >= 4 is 6.09 Å². The van der Waals surface area contributed by atoms with E-state index in [2.05, 4.69) is 0 Å². The van der Waals surface area contributed by atoms with Gasteiger partial charge in [0.1, 0.15) is 6.61 Å². The van der Waals surface area contributed by atoms with E-state index in [1.54, 1.807) is 4.90 Å². The number of morpholine rings is 1. The van der Waals surface area contributed by atoms with Crippen molar-refractivity contribution in [3.63, 3.8) is 0 Å². The lowest BCUT2D eigenvalue weighted by atomic mass is 10.2. The molecule has 4 heteroatoms. The highest BCUT2D eigenvalue weighted by molar-refractivity contribution is 5.68. The maximum atomic E-state index is 12.0. The highest BCUT2D eigenvalue weighted by Gasteiger charge is 2.28. The van der Waals surface area contributed by atoms with Crippen molar-refractivity contribution in [2.75, 3.05) is 13.2 Å². The summed E-state index contributed by atoms with van der Waals surface area (Å²) in [4.78, 5) is 13.7. The molecule has 0 saturated carbocycles. The van der Waals surface area contributed by atoms with Gasteiger partial charge in [0, 0.05) is 0 Å². The van der Waals surface area contributed by atoms with E-state index in [-0.39, 0.29) is 18.2 Å². The van der Waals surface area contributed by atoms with Gasteiger partial charge in [0.25, 0.3) is 0 Å². The van der Waals surface area contributed by atoms with Crippen LogP contribution in [0.3, 0.4) is 0 Å². The van der Waals surface area contributed by atoms with Gasteiger partial charge in [-0.3, -0.25) is 0 Å². The second-order valence-electron chi connectivity index (χ2n) is 4.69. The second-order valence-corrected chi connectivity index (χ2v) is 4.69. The molecule has 0 bridgehead atoms. The molecule has 2 rings (SSSR count). The molecule has 1 amide bonds. The molecular formula is C14H19NO3. The molecule has 0 spiro atoms. The first-order valence-electron chi connectivity index (χ1n) is 6.25. The van der Waals surface area contributed by atoms with Gasteiger partial charge in [-0.25, -0.2) is 4.79 Å². The Bertz CT molecular complexity index is 393. The minimum atomic E-state index is -0.262. The van der Waals surface area contributed by atoms with E-state index in [0.29, 0.717) is 19.8 Å². The van der Waals surface area contributed by atoms with E-state index >= 15 is 0 Å². The van der Waals surface area contributed by atoms with E-state index in [4.69, 9.17) is 9.47 Å². The summed E-state index contributed by atoms with van der Waals surface area (Å²) in [7, 11) is 0. The summed E-state index contributed by atoms with van der Waals surface area (Å²) >= 11 is 0. The Morgan fingerprint density at radius 3 is 2.83 bits per heavy atom. The van der Waals surface area contributed by atoms with Crippen molar-refractivity contribution in [2.45, 2.75) is 32.6 Å². The molecule has 0 unspecified atom stereocenters. The average Bonchev–Trinajstić information content (AvgIpc) is 2.40. The van der Waals surface area contributed by atoms with Crippen molar-refractivity contribution in [1.29, 1.82) is 0 Å². The molecule has 1 aromatic rings. The fraction of sp³-hybridized carbons (Fsp3) is 0.500. The van der Waals surface area contributed by atoms with Gasteiger partial charge in [0.2, 0.25) is 0 Å². The van der Waals surface area contributed by atoms with Crippen LogP contribution in [0.1, 0.15) is 19.4 Å². The predicted molar refractivity (Wildman–Crippen MR) is 68.2 cm³/mol. The van der Waals surface area contributed by atoms with Crippen LogP contribution in [0.4, 0.5) is 4.79 Å². The van der Waals surface area contributed by atoms with E-state index in [0.717, 1.165) is 5.56 Å².